The second-order valence-corrected chi connectivity index (χ2v) is 4.82. The van der Waals surface area contributed by atoms with Crippen molar-refractivity contribution in [2.75, 3.05) is 5.73 Å². The van der Waals surface area contributed by atoms with Crippen LogP contribution in [0, 0.1) is 5.92 Å². The van der Waals surface area contributed by atoms with Crippen molar-refractivity contribution in [1.29, 1.82) is 0 Å². The molecule has 4 nitrogen and oxygen atoms in total. The van der Waals surface area contributed by atoms with E-state index < -0.39 is 0 Å². The largest absolute Gasteiger partial charge is 0.381 e. The molecule has 0 unspecified atom stereocenters. The molecule has 0 saturated heterocycles. The lowest BCUT2D eigenvalue weighted by atomic mass is 10.1. The second-order valence-electron chi connectivity index (χ2n) is 4.01. The van der Waals surface area contributed by atoms with Crippen molar-refractivity contribution in [3.8, 4) is 0 Å². The fourth-order valence-electron chi connectivity index (χ4n) is 1.56. The zero-order chi connectivity index (χ0) is 11.0. The van der Waals surface area contributed by atoms with Crippen LogP contribution in [-0.2, 0) is 6.42 Å². The molecule has 0 spiro atoms. The third-order valence-electron chi connectivity index (χ3n) is 2.10. The Hall–Kier alpha value is -1.10. The van der Waals surface area contributed by atoms with Gasteiger partial charge in [0.2, 0.25) is 0 Å². The summed E-state index contributed by atoms with van der Waals surface area (Å²) in [7, 11) is 0. The molecule has 0 aromatic carbocycles. The summed E-state index contributed by atoms with van der Waals surface area (Å²) in [6, 6.07) is 0. The lowest BCUT2D eigenvalue weighted by Gasteiger charge is -1.97. The topological polar surface area (TPSA) is 56.2 Å². The molecule has 0 aliphatic carbocycles. The Bertz CT molecular complexity index is 489. The summed E-state index contributed by atoms with van der Waals surface area (Å²) < 4.78 is 2.63. The van der Waals surface area contributed by atoms with E-state index in [4.69, 9.17) is 5.73 Å². The summed E-state index contributed by atoms with van der Waals surface area (Å²) in [4.78, 5) is 8.55. The van der Waals surface area contributed by atoms with Crippen LogP contribution >= 0.6 is 15.9 Å². The van der Waals surface area contributed by atoms with Gasteiger partial charge >= 0.3 is 0 Å². The summed E-state index contributed by atoms with van der Waals surface area (Å²) in [6.45, 7) is 4.34. The molecule has 0 amide bonds. The smallest absolute Gasteiger partial charge is 0.180 e. The average molecular weight is 269 g/mol. The molecule has 0 aliphatic heterocycles. The number of rotatable bonds is 2. The van der Waals surface area contributed by atoms with Gasteiger partial charge in [-0.05, 0) is 28.3 Å². The Morgan fingerprint density at radius 1 is 1.40 bits per heavy atom. The molecule has 2 aromatic rings. The number of nitrogens with zero attached hydrogens (tertiary/aromatic N) is 3. The Morgan fingerprint density at radius 2 is 2.13 bits per heavy atom. The van der Waals surface area contributed by atoms with E-state index in [0.29, 0.717) is 11.7 Å². The summed E-state index contributed by atoms with van der Waals surface area (Å²) in [5, 5.41) is 0. The van der Waals surface area contributed by atoms with E-state index in [9.17, 15) is 0 Å². The number of fused-ring (bicyclic) bond motifs is 1. The standard InChI is InChI=1S/C10H13BrN4/c1-6(2)3-7-4-15-5-8(11)14-9(12)10(15)13-7/h4-6H,3H2,1-2H3,(H2,12,14). The fourth-order valence-corrected chi connectivity index (χ4v) is 1.97. The van der Waals surface area contributed by atoms with E-state index in [1.165, 1.54) is 0 Å². The fraction of sp³-hybridized carbons (Fsp3) is 0.400. The molecule has 2 aromatic heterocycles. The van der Waals surface area contributed by atoms with Crippen LogP contribution in [0.25, 0.3) is 5.65 Å². The van der Waals surface area contributed by atoms with Gasteiger partial charge in [-0.1, -0.05) is 13.8 Å². The number of aromatic nitrogens is 3. The lowest BCUT2D eigenvalue weighted by Crippen LogP contribution is -1.96. The maximum absolute atomic E-state index is 5.78. The van der Waals surface area contributed by atoms with Crippen LogP contribution in [0.15, 0.2) is 17.0 Å². The number of imidazole rings is 1. The molecule has 5 heteroatoms. The van der Waals surface area contributed by atoms with Crippen LogP contribution in [0.3, 0.4) is 0 Å². The van der Waals surface area contributed by atoms with E-state index in [0.717, 1.165) is 22.4 Å². The Morgan fingerprint density at radius 3 is 2.80 bits per heavy atom. The van der Waals surface area contributed by atoms with E-state index in [1.807, 2.05) is 16.8 Å². The van der Waals surface area contributed by atoms with Crippen molar-refractivity contribution in [1.82, 2.24) is 14.4 Å². The zero-order valence-electron chi connectivity index (χ0n) is 8.74. The van der Waals surface area contributed by atoms with Crippen LogP contribution in [-0.4, -0.2) is 14.4 Å². The molecule has 2 rings (SSSR count). The van der Waals surface area contributed by atoms with Crippen LogP contribution in [0.5, 0.6) is 0 Å². The molecule has 15 heavy (non-hydrogen) atoms. The van der Waals surface area contributed by atoms with Gasteiger partial charge in [0.1, 0.15) is 4.60 Å². The highest BCUT2D eigenvalue weighted by molar-refractivity contribution is 9.10. The van der Waals surface area contributed by atoms with Gasteiger partial charge < -0.3 is 10.1 Å². The minimum atomic E-state index is 0.458. The van der Waals surface area contributed by atoms with Crippen LogP contribution in [0.1, 0.15) is 19.5 Å². The van der Waals surface area contributed by atoms with E-state index >= 15 is 0 Å². The first-order chi connectivity index (χ1) is 7.06. The van der Waals surface area contributed by atoms with Crippen LogP contribution < -0.4 is 5.73 Å². The van der Waals surface area contributed by atoms with Gasteiger partial charge in [0.05, 0.1) is 5.69 Å². The van der Waals surface area contributed by atoms with Crippen molar-refractivity contribution < 1.29 is 0 Å². The number of halogens is 1. The van der Waals surface area contributed by atoms with E-state index in [-0.39, 0.29) is 0 Å². The predicted octanol–water partition coefficient (Wildman–Crippen LogP) is 2.27. The molecule has 0 atom stereocenters. The molecule has 0 aliphatic rings. The number of hydrogen-bond acceptors (Lipinski definition) is 3. The molecule has 2 heterocycles. The van der Waals surface area contributed by atoms with Gasteiger partial charge in [0, 0.05) is 12.4 Å². The van der Waals surface area contributed by atoms with Gasteiger partial charge in [0.25, 0.3) is 0 Å². The highest BCUT2D eigenvalue weighted by Gasteiger charge is 2.07. The van der Waals surface area contributed by atoms with Crippen molar-refractivity contribution in [2.45, 2.75) is 20.3 Å². The van der Waals surface area contributed by atoms with Gasteiger partial charge in [-0.2, -0.15) is 0 Å². The molecule has 0 saturated carbocycles. The van der Waals surface area contributed by atoms with Gasteiger partial charge in [-0.3, -0.25) is 0 Å². The maximum atomic E-state index is 5.78. The lowest BCUT2D eigenvalue weighted by molar-refractivity contribution is 0.638. The van der Waals surface area contributed by atoms with E-state index in [2.05, 4.69) is 39.7 Å². The van der Waals surface area contributed by atoms with Crippen LogP contribution in [0.4, 0.5) is 5.82 Å². The molecule has 0 fully saturated rings. The Labute approximate surface area is 96.7 Å². The molecule has 80 valence electrons. The van der Waals surface area contributed by atoms with Crippen molar-refractivity contribution in [2.24, 2.45) is 5.92 Å². The first-order valence-corrected chi connectivity index (χ1v) is 5.65. The molecule has 2 N–H and O–H groups in total. The van der Waals surface area contributed by atoms with Gasteiger partial charge in [0.15, 0.2) is 11.5 Å². The Kier molecular flexibility index (Phi) is 2.65. The zero-order valence-corrected chi connectivity index (χ0v) is 10.3. The molecular formula is C10H13BrN4. The highest BCUT2D eigenvalue weighted by atomic mass is 79.9. The number of nitrogens with two attached hydrogens (primary N) is 1. The number of nitrogen functional groups attached to an aromatic ring is 1. The van der Waals surface area contributed by atoms with E-state index in [1.54, 1.807) is 0 Å². The summed E-state index contributed by atoms with van der Waals surface area (Å²) in [5.74, 6) is 1.05. The van der Waals surface area contributed by atoms with Crippen molar-refractivity contribution >= 4 is 27.4 Å². The summed E-state index contributed by atoms with van der Waals surface area (Å²) in [5.41, 5.74) is 7.56. The third-order valence-corrected chi connectivity index (χ3v) is 2.48. The normalized spacial score (nSPS) is 11.5. The summed E-state index contributed by atoms with van der Waals surface area (Å²) in [6.07, 6.45) is 4.82. The van der Waals surface area contributed by atoms with Crippen molar-refractivity contribution in [3.05, 3.63) is 22.7 Å². The SMILES string of the molecule is CC(C)Cc1cn2cc(Br)nc(N)c2n1. The summed E-state index contributed by atoms with van der Waals surface area (Å²) >= 11 is 3.30. The monoisotopic (exact) mass is 268 g/mol. The average Bonchev–Trinajstić information content (AvgIpc) is 2.45. The first kappa shape index (κ1) is 10.4. The minimum absolute atomic E-state index is 0.458. The van der Waals surface area contributed by atoms with Crippen LogP contribution in [0.2, 0.25) is 0 Å². The maximum Gasteiger partial charge on any atom is 0.180 e. The third kappa shape index (κ3) is 2.12. The number of hydrogen-bond donors (Lipinski definition) is 1. The van der Waals surface area contributed by atoms with Crippen molar-refractivity contribution in [3.63, 3.8) is 0 Å². The predicted molar refractivity (Wildman–Crippen MR) is 63.6 cm³/mol. The molecule has 0 radical (unpaired) electrons. The number of anilines is 1. The second kappa shape index (κ2) is 3.81. The molecular weight excluding hydrogens is 256 g/mol. The highest BCUT2D eigenvalue weighted by Crippen LogP contribution is 2.16. The molecule has 0 bridgehead atoms. The first-order valence-electron chi connectivity index (χ1n) is 4.86. The van der Waals surface area contributed by atoms with Gasteiger partial charge in [-0.15, -0.1) is 0 Å². The quantitative estimate of drug-likeness (QED) is 0.909. The van der Waals surface area contributed by atoms with Gasteiger partial charge in [-0.25, -0.2) is 9.97 Å². The minimum Gasteiger partial charge on any atom is -0.381 e. The Balaban J connectivity index is 2.50.